The Morgan fingerprint density at radius 1 is 1.04 bits per heavy atom. The van der Waals surface area contributed by atoms with E-state index in [1.807, 2.05) is 36.4 Å². The number of nitrogens with zero attached hydrogens (tertiary/aromatic N) is 1. The quantitative estimate of drug-likeness (QED) is 0.777. The first kappa shape index (κ1) is 17.0. The summed E-state index contributed by atoms with van der Waals surface area (Å²) < 4.78 is 0. The van der Waals surface area contributed by atoms with Crippen LogP contribution in [-0.4, -0.2) is 16.1 Å². The van der Waals surface area contributed by atoms with Crippen LogP contribution in [0.4, 0.5) is 4.79 Å². The van der Waals surface area contributed by atoms with Gasteiger partial charge in [0.25, 0.3) is 11.1 Å². The van der Waals surface area contributed by atoms with Crippen molar-refractivity contribution in [1.82, 2.24) is 10.3 Å². The topological polar surface area (TPSA) is 59.1 Å². The van der Waals surface area contributed by atoms with Gasteiger partial charge in [-0.05, 0) is 59.9 Å². The monoisotopic (exact) mass is 364 g/mol. The standard InChI is InChI=1S/C21H20N2O2S/c24-20-19(26-21(25)23-20)18(14-7-2-1-3-8-14)16-10-6-9-15(13-16)17-11-4-5-12-22-17/h4-6,9-14H,1-3,7-8H2,(H,23,24,25). The zero-order valence-electron chi connectivity index (χ0n) is 14.4. The molecular weight excluding hydrogens is 344 g/mol. The second-order valence-electron chi connectivity index (χ2n) is 6.72. The number of amides is 2. The molecule has 2 amide bonds. The summed E-state index contributed by atoms with van der Waals surface area (Å²) in [4.78, 5) is 29.1. The summed E-state index contributed by atoms with van der Waals surface area (Å²) in [7, 11) is 0. The van der Waals surface area contributed by atoms with Gasteiger partial charge in [-0.25, -0.2) is 0 Å². The highest BCUT2D eigenvalue weighted by molar-refractivity contribution is 8.18. The van der Waals surface area contributed by atoms with Crippen LogP contribution in [0, 0.1) is 5.92 Å². The molecule has 26 heavy (non-hydrogen) atoms. The molecule has 5 heteroatoms. The number of carbonyl (C=O) groups excluding carboxylic acids is 2. The molecule has 1 saturated heterocycles. The van der Waals surface area contributed by atoms with Crippen LogP contribution in [0.5, 0.6) is 0 Å². The molecule has 2 heterocycles. The third kappa shape index (κ3) is 3.44. The van der Waals surface area contributed by atoms with E-state index < -0.39 is 0 Å². The first-order chi connectivity index (χ1) is 12.7. The van der Waals surface area contributed by atoms with Crippen LogP contribution in [-0.2, 0) is 4.79 Å². The van der Waals surface area contributed by atoms with Crippen molar-refractivity contribution in [3.63, 3.8) is 0 Å². The van der Waals surface area contributed by atoms with Crippen LogP contribution in [0.1, 0.15) is 37.7 Å². The molecule has 1 aliphatic carbocycles. The Balaban J connectivity index is 1.81. The summed E-state index contributed by atoms with van der Waals surface area (Å²) in [5, 5.41) is 2.14. The molecule has 2 aromatic rings. The maximum Gasteiger partial charge on any atom is 0.290 e. The van der Waals surface area contributed by atoms with Crippen molar-refractivity contribution in [2.24, 2.45) is 5.92 Å². The molecule has 0 atom stereocenters. The normalized spacial score (nSPS) is 20.2. The van der Waals surface area contributed by atoms with Crippen molar-refractivity contribution in [2.45, 2.75) is 32.1 Å². The van der Waals surface area contributed by atoms with Gasteiger partial charge in [0, 0.05) is 11.8 Å². The number of hydrogen-bond acceptors (Lipinski definition) is 4. The predicted octanol–water partition coefficient (Wildman–Crippen LogP) is 5.02. The van der Waals surface area contributed by atoms with Crippen LogP contribution in [0.25, 0.3) is 16.8 Å². The lowest BCUT2D eigenvalue weighted by Gasteiger charge is -2.26. The van der Waals surface area contributed by atoms with E-state index in [-0.39, 0.29) is 11.1 Å². The predicted molar refractivity (Wildman–Crippen MR) is 104 cm³/mol. The smallest absolute Gasteiger partial charge is 0.282 e. The van der Waals surface area contributed by atoms with Crippen molar-refractivity contribution in [3.8, 4) is 11.3 Å². The lowest BCUT2D eigenvalue weighted by molar-refractivity contribution is -0.115. The van der Waals surface area contributed by atoms with E-state index in [1.165, 1.54) is 19.3 Å². The lowest BCUT2D eigenvalue weighted by atomic mass is 9.80. The van der Waals surface area contributed by atoms with Gasteiger partial charge >= 0.3 is 0 Å². The maximum atomic E-state index is 12.4. The molecule has 1 aromatic heterocycles. The van der Waals surface area contributed by atoms with Gasteiger partial charge in [-0.3, -0.25) is 19.9 Å². The summed E-state index contributed by atoms with van der Waals surface area (Å²) in [6.45, 7) is 0. The number of hydrogen-bond donors (Lipinski definition) is 1. The fourth-order valence-corrected chi connectivity index (χ4v) is 4.68. The van der Waals surface area contributed by atoms with Crippen LogP contribution in [0.3, 0.4) is 0 Å². The summed E-state index contributed by atoms with van der Waals surface area (Å²) >= 11 is 1.04. The third-order valence-electron chi connectivity index (χ3n) is 5.01. The Labute approximate surface area is 157 Å². The van der Waals surface area contributed by atoms with Crippen LogP contribution in [0.2, 0.25) is 0 Å². The fraction of sp³-hybridized carbons (Fsp3) is 0.286. The highest BCUT2D eigenvalue weighted by Gasteiger charge is 2.32. The fourth-order valence-electron chi connectivity index (χ4n) is 3.81. The molecule has 2 fully saturated rings. The van der Waals surface area contributed by atoms with Gasteiger partial charge in [0.15, 0.2) is 0 Å². The van der Waals surface area contributed by atoms with E-state index in [0.29, 0.717) is 10.8 Å². The highest BCUT2D eigenvalue weighted by Crippen LogP contribution is 2.42. The number of carbonyl (C=O) groups is 2. The van der Waals surface area contributed by atoms with E-state index >= 15 is 0 Å². The molecular formula is C21H20N2O2S. The molecule has 1 aromatic carbocycles. The molecule has 4 nitrogen and oxygen atoms in total. The zero-order valence-corrected chi connectivity index (χ0v) is 15.2. The van der Waals surface area contributed by atoms with Gasteiger partial charge in [0.2, 0.25) is 0 Å². The molecule has 0 spiro atoms. The van der Waals surface area contributed by atoms with Crippen LogP contribution >= 0.6 is 11.8 Å². The van der Waals surface area contributed by atoms with Crippen molar-refractivity contribution in [1.29, 1.82) is 0 Å². The number of rotatable bonds is 3. The molecule has 0 radical (unpaired) electrons. The van der Waals surface area contributed by atoms with Gasteiger partial charge in [0.05, 0.1) is 10.6 Å². The summed E-state index contributed by atoms with van der Waals surface area (Å²) in [6.07, 6.45) is 7.49. The van der Waals surface area contributed by atoms with Crippen molar-refractivity contribution < 1.29 is 9.59 Å². The van der Waals surface area contributed by atoms with E-state index in [0.717, 1.165) is 47.0 Å². The van der Waals surface area contributed by atoms with Crippen LogP contribution < -0.4 is 5.32 Å². The Hall–Kier alpha value is -2.40. The number of imide groups is 1. The summed E-state index contributed by atoms with van der Waals surface area (Å²) in [5.74, 6) is 0.0608. The van der Waals surface area contributed by atoms with Crippen molar-refractivity contribution in [2.75, 3.05) is 0 Å². The molecule has 4 rings (SSSR count). The van der Waals surface area contributed by atoms with Crippen LogP contribution in [0.15, 0.2) is 53.6 Å². The maximum absolute atomic E-state index is 12.4. The molecule has 1 saturated carbocycles. The summed E-state index contributed by atoms with van der Waals surface area (Å²) in [5.41, 5.74) is 3.97. The minimum absolute atomic E-state index is 0.260. The number of allylic oxidation sites excluding steroid dienone is 1. The molecule has 0 unspecified atom stereocenters. The highest BCUT2D eigenvalue weighted by atomic mass is 32.2. The Kier molecular flexibility index (Phi) is 4.89. The molecule has 132 valence electrons. The second kappa shape index (κ2) is 7.46. The number of pyridine rings is 1. The Morgan fingerprint density at radius 2 is 1.88 bits per heavy atom. The van der Waals surface area contributed by atoms with E-state index in [9.17, 15) is 9.59 Å². The minimum atomic E-state index is -0.279. The SMILES string of the molecule is O=C1NC(=O)C(=C(c2cccc(-c3ccccn3)c2)C2CCCCC2)S1. The number of benzene rings is 1. The summed E-state index contributed by atoms with van der Waals surface area (Å²) in [6, 6.07) is 14.0. The Bertz CT molecular complexity index is 871. The van der Waals surface area contributed by atoms with Gasteiger partial charge in [-0.1, -0.05) is 43.5 Å². The first-order valence-corrected chi connectivity index (χ1v) is 9.83. The number of nitrogens with one attached hydrogen (secondary N) is 1. The lowest BCUT2D eigenvalue weighted by Crippen LogP contribution is -2.19. The van der Waals surface area contributed by atoms with E-state index in [1.54, 1.807) is 6.20 Å². The van der Waals surface area contributed by atoms with Gasteiger partial charge < -0.3 is 0 Å². The van der Waals surface area contributed by atoms with E-state index in [4.69, 9.17) is 0 Å². The Morgan fingerprint density at radius 3 is 2.58 bits per heavy atom. The molecule has 1 N–H and O–H groups in total. The number of aromatic nitrogens is 1. The molecule has 0 bridgehead atoms. The van der Waals surface area contributed by atoms with Gasteiger partial charge in [-0.2, -0.15) is 0 Å². The first-order valence-electron chi connectivity index (χ1n) is 9.01. The number of thioether (sulfide) groups is 1. The largest absolute Gasteiger partial charge is 0.290 e. The minimum Gasteiger partial charge on any atom is -0.282 e. The molecule has 1 aliphatic heterocycles. The van der Waals surface area contributed by atoms with Gasteiger partial charge in [-0.15, -0.1) is 0 Å². The van der Waals surface area contributed by atoms with Crippen molar-refractivity contribution >= 4 is 28.5 Å². The average Bonchev–Trinajstić information content (AvgIpc) is 3.02. The van der Waals surface area contributed by atoms with Gasteiger partial charge in [0.1, 0.15) is 0 Å². The average molecular weight is 364 g/mol. The van der Waals surface area contributed by atoms with E-state index in [2.05, 4.69) is 16.4 Å². The second-order valence-corrected chi connectivity index (χ2v) is 7.70. The zero-order chi connectivity index (χ0) is 17.9. The third-order valence-corrected chi connectivity index (χ3v) is 5.91. The molecule has 2 aliphatic rings. The van der Waals surface area contributed by atoms with Crippen molar-refractivity contribution in [3.05, 3.63) is 59.1 Å².